The van der Waals surface area contributed by atoms with Gasteiger partial charge in [0.1, 0.15) is 5.82 Å². The van der Waals surface area contributed by atoms with Crippen molar-refractivity contribution in [1.29, 1.82) is 0 Å². The van der Waals surface area contributed by atoms with E-state index in [0.29, 0.717) is 13.0 Å². The first kappa shape index (κ1) is 21.2. The number of benzene rings is 2. The Morgan fingerprint density at radius 2 is 1.88 bits per heavy atom. The zero-order valence-electron chi connectivity index (χ0n) is 17.9. The standard InChI is InChI=1S/C23H25FN4O3S/c1-14-12-25-23(26-14)32(30,31)28-10-9-18-21(13-29)27(2)20-8-5-16(11-19(20)22(18)28)15-3-6-17(24)7-4-15/h3-8,11-12,14,18,21-22,29H,9-10,13H2,1-2H3/t14?,18-,21-,22-/m0/s1. The molecule has 1 fully saturated rings. The Bertz CT molecular complexity index is 1210. The number of rotatable bonds is 3. The van der Waals surface area contributed by atoms with Gasteiger partial charge in [-0.3, -0.25) is 0 Å². The molecule has 32 heavy (non-hydrogen) atoms. The predicted molar refractivity (Wildman–Crippen MR) is 123 cm³/mol. The molecule has 168 valence electrons. The highest BCUT2D eigenvalue weighted by molar-refractivity contribution is 8.04. The van der Waals surface area contributed by atoms with E-state index in [0.717, 1.165) is 22.4 Å². The molecule has 0 aliphatic carbocycles. The average Bonchev–Trinajstić information content (AvgIpc) is 3.42. The van der Waals surface area contributed by atoms with Crippen LogP contribution < -0.4 is 4.90 Å². The summed E-state index contributed by atoms with van der Waals surface area (Å²) in [6.07, 6.45) is 2.17. The summed E-state index contributed by atoms with van der Waals surface area (Å²) in [6.45, 7) is 2.06. The summed E-state index contributed by atoms with van der Waals surface area (Å²) in [7, 11) is -1.95. The number of hydrogen-bond donors (Lipinski definition) is 1. The highest BCUT2D eigenvalue weighted by Gasteiger charge is 2.51. The lowest BCUT2D eigenvalue weighted by atomic mass is 9.81. The molecule has 0 radical (unpaired) electrons. The normalized spacial score (nSPS) is 27.4. The van der Waals surface area contributed by atoms with E-state index in [9.17, 15) is 17.9 Å². The first-order chi connectivity index (χ1) is 15.3. The molecule has 3 aliphatic rings. The molecule has 7 nitrogen and oxygen atoms in total. The van der Waals surface area contributed by atoms with Gasteiger partial charge >= 0.3 is 0 Å². The monoisotopic (exact) mass is 456 g/mol. The lowest BCUT2D eigenvalue weighted by molar-refractivity contribution is 0.193. The molecule has 4 atom stereocenters. The van der Waals surface area contributed by atoms with E-state index >= 15 is 0 Å². The highest BCUT2D eigenvalue weighted by atomic mass is 32.2. The van der Waals surface area contributed by atoms with Gasteiger partial charge in [-0.15, -0.1) is 0 Å². The van der Waals surface area contributed by atoms with Gasteiger partial charge in [0, 0.05) is 31.4 Å². The summed E-state index contributed by atoms with van der Waals surface area (Å²) in [6, 6.07) is 11.2. The molecule has 5 rings (SSSR count). The maximum Gasteiger partial charge on any atom is 0.278 e. The van der Waals surface area contributed by atoms with Gasteiger partial charge in [0.05, 0.1) is 24.7 Å². The topological polar surface area (TPSA) is 85.6 Å². The molecule has 1 N–H and O–H groups in total. The number of fused-ring (bicyclic) bond motifs is 3. The first-order valence-corrected chi connectivity index (χ1v) is 12.1. The Kier molecular flexibility index (Phi) is 5.15. The number of sulfonamides is 1. The smallest absolute Gasteiger partial charge is 0.278 e. The third-order valence-corrected chi connectivity index (χ3v) is 8.43. The van der Waals surface area contributed by atoms with Crippen molar-refractivity contribution in [2.75, 3.05) is 25.1 Å². The van der Waals surface area contributed by atoms with Crippen LogP contribution in [-0.4, -0.2) is 61.5 Å². The lowest BCUT2D eigenvalue weighted by Crippen LogP contribution is -2.48. The third-order valence-electron chi connectivity index (χ3n) is 6.74. The molecule has 2 aromatic rings. The zero-order chi connectivity index (χ0) is 22.6. The summed E-state index contributed by atoms with van der Waals surface area (Å²) in [5.74, 6) is -0.378. The van der Waals surface area contributed by atoms with Crippen LogP contribution in [0.1, 0.15) is 24.9 Å². The number of hydrogen-bond acceptors (Lipinski definition) is 6. The number of aliphatic hydroxyl groups is 1. The second-order valence-electron chi connectivity index (χ2n) is 8.58. The summed E-state index contributed by atoms with van der Waals surface area (Å²) in [4.78, 5) is 10.3. The van der Waals surface area contributed by atoms with Crippen molar-refractivity contribution in [2.45, 2.75) is 31.5 Å². The number of anilines is 1. The molecule has 3 heterocycles. The largest absolute Gasteiger partial charge is 0.394 e. The van der Waals surface area contributed by atoms with Gasteiger partial charge in [0.15, 0.2) is 0 Å². The molecule has 3 aliphatic heterocycles. The van der Waals surface area contributed by atoms with E-state index in [1.54, 1.807) is 19.1 Å². The van der Waals surface area contributed by atoms with Crippen LogP contribution >= 0.6 is 0 Å². The number of aliphatic imine (C=N–C) groups is 2. The van der Waals surface area contributed by atoms with Gasteiger partial charge in [-0.25, -0.2) is 22.8 Å². The number of aliphatic hydroxyl groups excluding tert-OH is 1. The SMILES string of the molecule is CC1C=NC(S(=O)(=O)N2CC[C@@H]3[C@H]2c2cc(-c4ccc(F)cc4)ccc2N(C)[C@H]3CO)=N1. The molecule has 0 amide bonds. The van der Waals surface area contributed by atoms with E-state index in [1.807, 2.05) is 30.1 Å². The van der Waals surface area contributed by atoms with Gasteiger partial charge in [0.25, 0.3) is 15.2 Å². The van der Waals surface area contributed by atoms with Crippen molar-refractivity contribution in [3.63, 3.8) is 0 Å². The van der Waals surface area contributed by atoms with E-state index in [2.05, 4.69) is 9.98 Å². The molecule has 2 aromatic carbocycles. The quantitative estimate of drug-likeness (QED) is 0.770. The van der Waals surface area contributed by atoms with Crippen molar-refractivity contribution in [1.82, 2.24) is 4.31 Å². The van der Waals surface area contributed by atoms with E-state index in [-0.39, 0.29) is 35.6 Å². The van der Waals surface area contributed by atoms with Gasteiger partial charge < -0.3 is 10.0 Å². The minimum absolute atomic E-state index is 0.0686. The Morgan fingerprint density at radius 3 is 2.53 bits per heavy atom. The van der Waals surface area contributed by atoms with Crippen molar-refractivity contribution in [2.24, 2.45) is 15.9 Å². The van der Waals surface area contributed by atoms with Gasteiger partial charge in [-0.1, -0.05) is 18.2 Å². The Morgan fingerprint density at radius 1 is 1.16 bits per heavy atom. The first-order valence-electron chi connectivity index (χ1n) is 10.7. The van der Waals surface area contributed by atoms with Gasteiger partial charge in [-0.05, 0) is 54.3 Å². The summed E-state index contributed by atoms with van der Waals surface area (Å²) in [5, 5.41) is 9.98. The number of amidine groups is 1. The second kappa shape index (κ2) is 7.75. The number of halogens is 1. The minimum Gasteiger partial charge on any atom is -0.394 e. The van der Waals surface area contributed by atoms with Crippen molar-refractivity contribution >= 4 is 27.1 Å². The predicted octanol–water partition coefficient (Wildman–Crippen LogP) is 2.83. The summed E-state index contributed by atoms with van der Waals surface area (Å²) < 4.78 is 41.9. The maximum atomic E-state index is 13.5. The lowest BCUT2D eigenvalue weighted by Gasteiger charge is -2.44. The number of nitrogens with zero attached hydrogens (tertiary/aromatic N) is 4. The Labute approximate surface area is 187 Å². The van der Waals surface area contributed by atoms with Gasteiger partial charge in [-0.2, -0.15) is 4.31 Å². The summed E-state index contributed by atoms with van der Waals surface area (Å²) >= 11 is 0. The van der Waals surface area contributed by atoms with Crippen LogP contribution in [0.5, 0.6) is 0 Å². The molecule has 1 unspecified atom stereocenters. The van der Waals surface area contributed by atoms with Crippen LogP contribution in [0.15, 0.2) is 52.4 Å². The molecule has 0 spiro atoms. The average molecular weight is 457 g/mol. The summed E-state index contributed by atoms with van der Waals surface area (Å²) in [5.41, 5.74) is 3.49. The van der Waals surface area contributed by atoms with Crippen molar-refractivity contribution < 1.29 is 17.9 Å². The minimum atomic E-state index is -3.88. The fourth-order valence-electron chi connectivity index (χ4n) is 5.15. The Hall–Kier alpha value is -2.62. The second-order valence-corrected chi connectivity index (χ2v) is 10.4. The van der Waals surface area contributed by atoms with E-state index in [4.69, 9.17) is 0 Å². The molecule has 0 aromatic heterocycles. The Balaban J connectivity index is 1.63. The van der Waals surface area contributed by atoms with Crippen LogP contribution in [0.2, 0.25) is 0 Å². The van der Waals surface area contributed by atoms with Crippen LogP contribution in [0.4, 0.5) is 10.1 Å². The van der Waals surface area contributed by atoms with Crippen LogP contribution in [0.3, 0.4) is 0 Å². The van der Waals surface area contributed by atoms with Gasteiger partial charge in [0.2, 0.25) is 0 Å². The van der Waals surface area contributed by atoms with Crippen LogP contribution in [-0.2, 0) is 10.0 Å². The highest BCUT2D eigenvalue weighted by Crippen LogP contribution is 2.50. The van der Waals surface area contributed by atoms with Crippen LogP contribution in [0.25, 0.3) is 11.1 Å². The fourth-order valence-corrected chi connectivity index (χ4v) is 6.77. The van der Waals surface area contributed by atoms with Crippen molar-refractivity contribution in [3.8, 4) is 11.1 Å². The van der Waals surface area contributed by atoms with E-state index < -0.39 is 16.1 Å². The number of likely N-dealkylation sites (N-methyl/N-ethyl adjacent to an activating group) is 1. The third kappa shape index (κ3) is 3.27. The van der Waals surface area contributed by atoms with E-state index in [1.165, 1.54) is 22.7 Å². The zero-order valence-corrected chi connectivity index (χ0v) is 18.7. The molecule has 1 saturated heterocycles. The van der Waals surface area contributed by atoms with Crippen molar-refractivity contribution in [3.05, 3.63) is 53.8 Å². The molecule has 0 bridgehead atoms. The molecular weight excluding hydrogens is 431 g/mol. The molecular formula is C23H25FN4O3S. The molecule has 0 saturated carbocycles. The molecule has 9 heteroatoms. The fraction of sp³-hybridized carbons (Fsp3) is 0.391. The van der Waals surface area contributed by atoms with Crippen LogP contribution in [0, 0.1) is 11.7 Å². The maximum absolute atomic E-state index is 13.5.